The maximum absolute atomic E-state index is 12.5. The minimum atomic E-state index is -0.398. The van der Waals surface area contributed by atoms with Gasteiger partial charge in [0, 0.05) is 34.6 Å². The first kappa shape index (κ1) is 25.4. The van der Waals surface area contributed by atoms with Crippen molar-refractivity contribution in [1.29, 1.82) is 0 Å². The van der Waals surface area contributed by atoms with Gasteiger partial charge in [-0.25, -0.2) is 9.78 Å². The predicted molar refractivity (Wildman–Crippen MR) is 154 cm³/mol. The molecule has 3 aromatic carbocycles. The minimum absolute atomic E-state index is 0.361. The van der Waals surface area contributed by atoms with Gasteiger partial charge in [0.1, 0.15) is 5.82 Å². The number of hydrogen-bond donors (Lipinski definition) is 3. The van der Waals surface area contributed by atoms with Crippen LogP contribution in [0.2, 0.25) is 15.1 Å². The summed E-state index contributed by atoms with van der Waals surface area (Å²) in [6.45, 7) is 0.475. The average Bonchev–Trinajstić information content (AvgIpc) is 3.26. The van der Waals surface area contributed by atoms with Gasteiger partial charge in [-0.05, 0) is 57.9 Å². The normalized spacial score (nSPS) is 10.9. The molecule has 0 aliphatic heterocycles. The Balaban J connectivity index is 1.33. The van der Waals surface area contributed by atoms with E-state index in [1.807, 2.05) is 54.6 Å². The molecule has 11 heteroatoms. The summed E-state index contributed by atoms with van der Waals surface area (Å²) < 4.78 is 2.49. The summed E-state index contributed by atoms with van der Waals surface area (Å²) in [5, 5.41) is 14.8. The molecule has 0 saturated heterocycles. The molecule has 5 aromatic rings. The van der Waals surface area contributed by atoms with E-state index in [1.165, 1.54) is 0 Å². The molecule has 2 heterocycles. The molecule has 7 nitrogen and oxygen atoms in total. The second kappa shape index (κ2) is 11.0. The number of carbonyl (C=O) groups is 1. The Labute approximate surface area is 235 Å². The molecule has 0 radical (unpaired) electrons. The third kappa shape index (κ3) is 5.83. The quantitative estimate of drug-likeness (QED) is 0.179. The van der Waals surface area contributed by atoms with Gasteiger partial charge in [-0.2, -0.15) is 9.61 Å². The Morgan fingerprint density at radius 1 is 0.865 bits per heavy atom. The Bertz CT molecular complexity index is 1620. The minimum Gasteiger partial charge on any atom is -0.366 e. The van der Waals surface area contributed by atoms with Gasteiger partial charge >= 0.3 is 6.03 Å². The molecule has 2 amide bonds. The maximum atomic E-state index is 12.5. The smallest absolute Gasteiger partial charge is 0.323 e. The molecule has 0 aliphatic carbocycles. The van der Waals surface area contributed by atoms with Crippen LogP contribution in [0.25, 0.3) is 16.9 Å². The summed E-state index contributed by atoms with van der Waals surface area (Å²) in [5.41, 5.74) is 4.32. The van der Waals surface area contributed by atoms with Gasteiger partial charge in [0.2, 0.25) is 0 Å². The maximum Gasteiger partial charge on any atom is 0.323 e. The van der Waals surface area contributed by atoms with Crippen LogP contribution in [0, 0.1) is 0 Å². The van der Waals surface area contributed by atoms with Gasteiger partial charge < -0.3 is 16.0 Å². The number of aromatic nitrogens is 3. The molecule has 5 rings (SSSR count). The summed E-state index contributed by atoms with van der Waals surface area (Å²) in [4.78, 5) is 17.2. The van der Waals surface area contributed by atoms with E-state index in [1.54, 1.807) is 28.9 Å². The van der Waals surface area contributed by atoms with Crippen molar-refractivity contribution in [2.75, 3.05) is 16.0 Å². The van der Waals surface area contributed by atoms with E-state index in [2.05, 4.69) is 37.0 Å². The lowest BCUT2D eigenvalue weighted by molar-refractivity contribution is 0.262. The lowest BCUT2D eigenvalue weighted by Gasteiger charge is -2.13. The highest BCUT2D eigenvalue weighted by Gasteiger charge is 2.13. The van der Waals surface area contributed by atoms with Crippen LogP contribution in [0.3, 0.4) is 0 Å². The fourth-order valence-corrected chi connectivity index (χ4v) is 4.57. The second-order valence-electron chi connectivity index (χ2n) is 8.00. The fourth-order valence-electron chi connectivity index (χ4n) is 3.69. The first-order valence-electron chi connectivity index (χ1n) is 11.0. The number of anilines is 3. The number of nitrogens with one attached hydrogen (secondary N) is 3. The monoisotopic (exact) mass is 614 g/mol. The summed E-state index contributed by atoms with van der Waals surface area (Å²) >= 11 is 21.9. The van der Waals surface area contributed by atoms with Crippen LogP contribution < -0.4 is 16.0 Å². The molecule has 0 bridgehead atoms. The first-order valence-corrected chi connectivity index (χ1v) is 12.9. The molecular formula is C26H18BrCl3N6O. The van der Waals surface area contributed by atoms with Crippen LogP contribution in [-0.2, 0) is 6.54 Å². The number of amides is 2. The number of benzene rings is 3. The van der Waals surface area contributed by atoms with Crippen molar-refractivity contribution in [1.82, 2.24) is 14.6 Å². The number of nitrogens with zero attached hydrogens (tertiary/aromatic N) is 3. The van der Waals surface area contributed by atoms with E-state index in [-0.39, 0.29) is 0 Å². The van der Waals surface area contributed by atoms with Gasteiger partial charge in [0.25, 0.3) is 0 Å². The van der Waals surface area contributed by atoms with Crippen LogP contribution in [0.5, 0.6) is 0 Å². The van der Waals surface area contributed by atoms with Gasteiger partial charge in [-0.15, -0.1) is 0 Å². The Kier molecular flexibility index (Phi) is 7.53. The summed E-state index contributed by atoms with van der Waals surface area (Å²) in [6.07, 6.45) is 1.70. The molecule has 186 valence electrons. The van der Waals surface area contributed by atoms with E-state index >= 15 is 0 Å². The molecule has 0 spiro atoms. The van der Waals surface area contributed by atoms with Crippen molar-refractivity contribution in [3.63, 3.8) is 0 Å². The number of carbonyl (C=O) groups excluding carboxylic acids is 1. The first-order chi connectivity index (χ1) is 17.9. The van der Waals surface area contributed by atoms with Crippen molar-refractivity contribution in [3.05, 3.63) is 104 Å². The second-order valence-corrected chi connectivity index (χ2v) is 10.1. The molecule has 0 fully saturated rings. The van der Waals surface area contributed by atoms with Crippen molar-refractivity contribution in [2.24, 2.45) is 0 Å². The number of halogens is 4. The summed E-state index contributed by atoms with van der Waals surface area (Å²) in [6, 6.07) is 21.5. The topological polar surface area (TPSA) is 83.3 Å². The van der Waals surface area contributed by atoms with Crippen LogP contribution in [0.4, 0.5) is 22.0 Å². The highest BCUT2D eigenvalue weighted by Crippen LogP contribution is 2.30. The average molecular weight is 617 g/mol. The van der Waals surface area contributed by atoms with Crippen LogP contribution in [0.15, 0.2) is 83.5 Å². The Morgan fingerprint density at radius 3 is 2.43 bits per heavy atom. The van der Waals surface area contributed by atoms with Crippen molar-refractivity contribution in [3.8, 4) is 11.3 Å². The Hall–Kier alpha value is -3.30. The van der Waals surface area contributed by atoms with E-state index in [0.717, 1.165) is 27.1 Å². The van der Waals surface area contributed by atoms with E-state index in [4.69, 9.17) is 39.8 Å². The highest BCUT2D eigenvalue weighted by molar-refractivity contribution is 9.10. The summed E-state index contributed by atoms with van der Waals surface area (Å²) in [5.74, 6) is 0.737. The number of hydrogen-bond acceptors (Lipinski definition) is 4. The standard InChI is InChI=1S/C26H18BrCl3N6O/c27-19-14-32-36-24(12-23(35-25(19)36)18-6-1-2-7-20(18)28)31-13-15-4-3-5-16(10-15)33-26(37)34-17-8-9-21(29)22(30)11-17/h1-12,14,31H,13H2,(H2,33,34,37). The molecule has 0 atom stereocenters. The zero-order chi connectivity index (χ0) is 25.9. The van der Waals surface area contributed by atoms with Crippen molar-refractivity contribution >= 4 is 79.6 Å². The predicted octanol–water partition coefficient (Wildman–Crippen LogP) is 8.38. The lowest BCUT2D eigenvalue weighted by Crippen LogP contribution is -2.19. The zero-order valence-electron chi connectivity index (χ0n) is 19.0. The fraction of sp³-hybridized carbons (Fsp3) is 0.0385. The third-order valence-electron chi connectivity index (χ3n) is 5.41. The van der Waals surface area contributed by atoms with Gasteiger partial charge in [-0.3, -0.25) is 0 Å². The lowest BCUT2D eigenvalue weighted by atomic mass is 10.1. The van der Waals surface area contributed by atoms with Crippen LogP contribution in [0.1, 0.15) is 5.56 Å². The van der Waals surface area contributed by atoms with Gasteiger partial charge in [0.15, 0.2) is 5.65 Å². The molecule has 37 heavy (non-hydrogen) atoms. The molecule has 0 saturated carbocycles. The number of fused-ring (bicyclic) bond motifs is 1. The van der Waals surface area contributed by atoms with Gasteiger partial charge in [-0.1, -0.05) is 65.1 Å². The van der Waals surface area contributed by atoms with Crippen LogP contribution >= 0.6 is 50.7 Å². The van der Waals surface area contributed by atoms with E-state index < -0.39 is 6.03 Å². The SMILES string of the molecule is O=C(Nc1cccc(CNc2cc(-c3ccccc3Cl)nc3c(Br)cnn23)c1)Nc1ccc(Cl)c(Cl)c1. The van der Waals surface area contributed by atoms with E-state index in [9.17, 15) is 4.79 Å². The molecule has 0 unspecified atom stereocenters. The van der Waals surface area contributed by atoms with Crippen molar-refractivity contribution in [2.45, 2.75) is 6.54 Å². The van der Waals surface area contributed by atoms with Crippen LogP contribution in [-0.4, -0.2) is 20.6 Å². The molecule has 0 aliphatic rings. The summed E-state index contributed by atoms with van der Waals surface area (Å²) in [7, 11) is 0. The highest BCUT2D eigenvalue weighted by atomic mass is 79.9. The Morgan fingerprint density at radius 2 is 1.65 bits per heavy atom. The van der Waals surface area contributed by atoms with Crippen molar-refractivity contribution < 1.29 is 4.79 Å². The van der Waals surface area contributed by atoms with E-state index in [0.29, 0.717) is 38.6 Å². The molecular weight excluding hydrogens is 599 g/mol. The number of rotatable bonds is 6. The molecule has 2 aromatic heterocycles. The zero-order valence-corrected chi connectivity index (χ0v) is 22.8. The van der Waals surface area contributed by atoms with Gasteiger partial charge in [0.05, 0.1) is 26.4 Å². The third-order valence-corrected chi connectivity index (χ3v) is 7.04. The molecule has 3 N–H and O–H groups in total. The number of urea groups is 1. The largest absolute Gasteiger partial charge is 0.366 e.